The molecule has 8 nitrogen and oxygen atoms in total. The van der Waals surface area contributed by atoms with Gasteiger partial charge in [-0.3, -0.25) is 10.3 Å². The fraction of sp³-hybridized carbons (Fsp3) is 0.269. The Kier molecular flexibility index (Phi) is 6.56. The summed E-state index contributed by atoms with van der Waals surface area (Å²) in [4.78, 5) is 15.8. The second-order valence-corrected chi connectivity index (χ2v) is 10.7. The maximum absolute atomic E-state index is 8.27. The third kappa shape index (κ3) is 4.93. The maximum Gasteiger partial charge on any atom is 0.231 e. The summed E-state index contributed by atoms with van der Waals surface area (Å²) in [6.45, 7) is 4.04. The average molecular weight is 565 g/mol. The number of nitrogens with one attached hydrogen (secondary N) is 2. The molecule has 2 aliphatic heterocycles. The van der Waals surface area contributed by atoms with E-state index in [1.165, 1.54) is 22.9 Å². The van der Waals surface area contributed by atoms with Crippen LogP contribution in [-0.2, 0) is 13.1 Å². The molecule has 0 bridgehead atoms. The van der Waals surface area contributed by atoms with Crippen LogP contribution in [0.4, 0.5) is 0 Å². The predicted molar refractivity (Wildman–Crippen MR) is 141 cm³/mol. The number of benzene rings is 2. The summed E-state index contributed by atoms with van der Waals surface area (Å²) in [5.74, 6) is 1.45. The second kappa shape index (κ2) is 10.1. The van der Waals surface area contributed by atoms with Crippen molar-refractivity contribution in [2.75, 3.05) is 19.9 Å². The highest BCUT2D eigenvalue weighted by molar-refractivity contribution is 9.10. The van der Waals surface area contributed by atoms with Crippen molar-refractivity contribution in [2.24, 2.45) is 0 Å². The van der Waals surface area contributed by atoms with Crippen LogP contribution >= 0.6 is 27.7 Å². The summed E-state index contributed by atoms with van der Waals surface area (Å²) in [7, 11) is 0. The van der Waals surface area contributed by atoms with Gasteiger partial charge in [0.05, 0.1) is 6.33 Å². The molecule has 10 heteroatoms. The number of H-pyrrole nitrogens is 1. The number of rotatable bonds is 7. The van der Waals surface area contributed by atoms with Gasteiger partial charge >= 0.3 is 0 Å². The number of aromatic amines is 1. The van der Waals surface area contributed by atoms with Gasteiger partial charge in [-0.1, -0.05) is 53.7 Å². The van der Waals surface area contributed by atoms with Gasteiger partial charge in [0, 0.05) is 35.5 Å². The van der Waals surface area contributed by atoms with Crippen LogP contribution in [0.15, 0.2) is 75.0 Å². The summed E-state index contributed by atoms with van der Waals surface area (Å²) in [5, 5.41) is 8.97. The monoisotopic (exact) mass is 564 g/mol. The Morgan fingerprint density at radius 2 is 1.97 bits per heavy atom. The molecule has 0 aliphatic carbocycles. The second-order valence-electron chi connectivity index (χ2n) is 8.85. The molecule has 4 aromatic rings. The Labute approximate surface area is 221 Å². The summed E-state index contributed by atoms with van der Waals surface area (Å²) >= 11 is 5.09. The van der Waals surface area contributed by atoms with E-state index in [0.717, 1.165) is 65.5 Å². The van der Waals surface area contributed by atoms with Crippen molar-refractivity contribution in [2.45, 2.75) is 36.0 Å². The number of aryl methyl sites for hydroxylation is 1. The van der Waals surface area contributed by atoms with Gasteiger partial charge in [0.25, 0.3) is 0 Å². The average Bonchev–Trinajstić information content (AvgIpc) is 3.53. The number of imidazole rings is 1. The van der Waals surface area contributed by atoms with Gasteiger partial charge < -0.3 is 19.0 Å². The van der Waals surface area contributed by atoms with Crippen molar-refractivity contribution in [3.63, 3.8) is 0 Å². The van der Waals surface area contributed by atoms with Crippen molar-refractivity contribution in [3.8, 4) is 11.5 Å². The van der Waals surface area contributed by atoms with Gasteiger partial charge in [-0.2, -0.15) is 0 Å². The lowest BCUT2D eigenvalue weighted by Crippen LogP contribution is -2.28. The normalized spacial score (nSPS) is 15.4. The molecule has 0 saturated carbocycles. The molecule has 36 heavy (non-hydrogen) atoms. The molecule has 4 heterocycles. The number of halogens is 1. The molecule has 2 N–H and O–H groups in total. The standard InChI is InChI=1S/C26H25BrN6O2S/c27-19-12-20-21(35-16-34-20)13-22(19)36-26-30-23-24(28)29-15-33(25(23)31-26)11-8-17-6-9-32(10-7-17)14-18-4-2-1-3-5-18/h1-6,12-13,15,28H,7-11,14,16H2,(H,30,31). The molecule has 0 atom stereocenters. The van der Waals surface area contributed by atoms with Crippen LogP contribution in [0.25, 0.3) is 11.2 Å². The van der Waals surface area contributed by atoms with Crippen LogP contribution in [0, 0.1) is 5.41 Å². The van der Waals surface area contributed by atoms with Crippen molar-refractivity contribution >= 4 is 38.9 Å². The molecular weight excluding hydrogens is 540 g/mol. The molecule has 0 unspecified atom stereocenters. The minimum atomic E-state index is 0.193. The van der Waals surface area contributed by atoms with Crippen LogP contribution in [-0.4, -0.2) is 44.3 Å². The Morgan fingerprint density at radius 3 is 2.78 bits per heavy atom. The zero-order valence-electron chi connectivity index (χ0n) is 19.5. The lowest BCUT2D eigenvalue weighted by Gasteiger charge is -2.26. The first-order chi connectivity index (χ1) is 17.6. The molecule has 0 amide bonds. The summed E-state index contributed by atoms with van der Waals surface area (Å²) in [5.41, 5.74) is 4.40. The van der Waals surface area contributed by atoms with Crippen LogP contribution in [0.5, 0.6) is 11.5 Å². The fourth-order valence-electron chi connectivity index (χ4n) is 4.48. The van der Waals surface area contributed by atoms with Crippen LogP contribution in [0.3, 0.4) is 0 Å². The van der Waals surface area contributed by atoms with Crippen LogP contribution < -0.4 is 15.0 Å². The molecule has 6 rings (SSSR count). The van der Waals surface area contributed by atoms with E-state index >= 15 is 0 Å². The summed E-state index contributed by atoms with van der Waals surface area (Å²) in [6.07, 6.45) is 6.10. The summed E-state index contributed by atoms with van der Waals surface area (Å²) in [6, 6.07) is 14.5. The minimum absolute atomic E-state index is 0.193. The molecule has 0 radical (unpaired) electrons. The molecule has 0 saturated heterocycles. The highest BCUT2D eigenvalue weighted by Crippen LogP contribution is 2.42. The number of nitrogens with zero attached hydrogens (tertiary/aromatic N) is 4. The molecule has 2 aromatic heterocycles. The number of ether oxygens (including phenoxy) is 2. The topological polar surface area (TPSA) is 92.1 Å². The predicted octanol–water partition coefficient (Wildman–Crippen LogP) is 5.10. The largest absolute Gasteiger partial charge is 0.454 e. The molecule has 0 spiro atoms. The number of hydrogen-bond acceptors (Lipinski definition) is 7. The Bertz CT molecular complexity index is 1500. The molecular formula is C26H25BrN6O2S. The molecule has 184 valence electrons. The first-order valence-electron chi connectivity index (χ1n) is 11.8. The van der Waals surface area contributed by atoms with Crippen molar-refractivity contribution < 1.29 is 9.47 Å². The number of fused-ring (bicyclic) bond motifs is 2. The maximum atomic E-state index is 8.27. The van der Waals surface area contributed by atoms with E-state index in [1.807, 2.05) is 16.7 Å². The van der Waals surface area contributed by atoms with Gasteiger partial charge in [0.15, 0.2) is 27.8 Å². The van der Waals surface area contributed by atoms with Crippen molar-refractivity contribution in [1.82, 2.24) is 24.4 Å². The Balaban J connectivity index is 1.15. The first kappa shape index (κ1) is 23.3. The van der Waals surface area contributed by atoms with Crippen LogP contribution in [0.1, 0.15) is 18.4 Å². The van der Waals surface area contributed by atoms with Crippen molar-refractivity contribution in [3.05, 3.63) is 76.0 Å². The SMILES string of the molecule is N=c1ncn(CCC2=CCN(Cc3ccccc3)CC2)c2nc(Sc3cc4c(cc3Br)OCO4)[nH]c12. The lowest BCUT2D eigenvalue weighted by atomic mass is 10.0. The van der Waals surface area contributed by atoms with E-state index in [1.54, 1.807) is 6.33 Å². The third-order valence-electron chi connectivity index (χ3n) is 6.44. The van der Waals surface area contributed by atoms with Gasteiger partial charge in [0.2, 0.25) is 6.79 Å². The fourth-order valence-corrected chi connectivity index (χ4v) is 5.87. The molecule has 2 aliphatic rings. The Morgan fingerprint density at radius 1 is 1.14 bits per heavy atom. The van der Waals surface area contributed by atoms with Crippen molar-refractivity contribution in [1.29, 1.82) is 5.41 Å². The van der Waals surface area contributed by atoms with Crippen LogP contribution in [0.2, 0.25) is 0 Å². The minimum Gasteiger partial charge on any atom is -0.454 e. The zero-order valence-corrected chi connectivity index (χ0v) is 21.9. The van der Waals surface area contributed by atoms with Gasteiger partial charge in [-0.05, 0) is 46.5 Å². The Hall–Kier alpha value is -3.08. The third-order valence-corrected chi connectivity index (χ3v) is 8.30. The van der Waals surface area contributed by atoms with E-state index < -0.39 is 0 Å². The number of hydrogen-bond donors (Lipinski definition) is 2. The zero-order chi connectivity index (χ0) is 24.5. The highest BCUT2D eigenvalue weighted by atomic mass is 79.9. The molecule has 2 aromatic carbocycles. The molecule has 0 fully saturated rings. The number of aromatic nitrogens is 4. The van der Waals surface area contributed by atoms with E-state index in [2.05, 4.69) is 67.2 Å². The van der Waals surface area contributed by atoms with Gasteiger partial charge in [-0.25, -0.2) is 9.97 Å². The smallest absolute Gasteiger partial charge is 0.231 e. The van der Waals surface area contributed by atoms with Gasteiger partial charge in [-0.15, -0.1) is 0 Å². The lowest BCUT2D eigenvalue weighted by molar-refractivity contribution is 0.174. The van der Waals surface area contributed by atoms with Gasteiger partial charge in [0.1, 0.15) is 5.52 Å². The van der Waals surface area contributed by atoms with E-state index in [-0.39, 0.29) is 12.3 Å². The first-order valence-corrected chi connectivity index (χ1v) is 13.4. The van der Waals surface area contributed by atoms with E-state index in [0.29, 0.717) is 10.7 Å². The van der Waals surface area contributed by atoms with E-state index in [9.17, 15) is 0 Å². The summed E-state index contributed by atoms with van der Waals surface area (Å²) < 4.78 is 13.9. The highest BCUT2D eigenvalue weighted by Gasteiger charge is 2.19. The van der Waals surface area contributed by atoms with E-state index in [4.69, 9.17) is 19.9 Å². The quantitative estimate of drug-likeness (QED) is 0.303.